The quantitative estimate of drug-likeness (QED) is 0.377. The van der Waals surface area contributed by atoms with Crippen LogP contribution in [-0.4, -0.2) is 62.4 Å². The molecule has 4 rings (SSSR count). The van der Waals surface area contributed by atoms with E-state index in [1.165, 1.54) is 18.5 Å². The zero-order chi connectivity index (χ0) is 24.9. The molecule has 3 aromatic rings. The normalized spacial score (nSPS) is 17.0. The van der Waals surface area contributed by atoms with Crippen LogP contribution in [0.5, 0.6) is 0 Å². The van der Waals surface area contributed by atoms with Crippen LogP contribution in [0, 0.1) is 11.3 Å². The monoisotopic (exact) mass is 493 g/mol. The van der Waals surface area contributed by atoms with E-state index in [1.54, 1.807) is 30.5 Å². The number of hydrogen-bond acceptors (Lipinski definition) is 8. The number of carbonyl (C=O) groups excluding carboxylic acids is 1. The number of nitrogens with one attached hydrogen (secondary N) is 2. The molecule has 178 valence electrons. The summed E-state index contributed by atoms with van der Waals surface area (Å²) >= 11 is 5.81. The second-order valence-electron chi connectivity index (χ2n) is 7.80. The Bertz CT molecular complexity index is 1310. The summed E-state index contributed by atoms with van der Waals surface area (Å²) in [4.78, 5) is 37.7. The van der Waals surface area contributed by atoms with Crippen molar-refractivity contribution in [3.8, 4) is 17.2 Å². The van der Waals surface area contributed by atoms with Gasteiger partial charge in [-0.3, -0.25) is 9.78 Å². The summed E-state index contributed by atoms with van der Waals surface area (Å²) in [5.41, 5.74) is 2.69. The smallest absolute Gasteiger partial charge is 0.404 e. The number of carboxylic acid groups (broad SMARTS) is 1. The number of benzene rings is 1. The number of halogens is 1. The van der Waals surface area contributed by atoms with Gasteiger partial charge in [-0.05, 0) is 47.9 Å². The molecule has 12 heteroatoms. The number of pyridine rings is 1. The Morgan fingerprint density at radius 1 is 1.26 bits per heavy atom. The molecule has 0 radical (unpaired) electrons. The number of hydrogen-bond donors (Lipinski definition) is 4. The van der Waals surface area contributed by atoms with E-state index in [0.29, 0.717) is 34.5 Å². The summed E-state index contributed by atoms with van der Waals surface area (Å²) in [6, 6.07) is 9.51. The van der Waals surface area contributed by atoms with E-state index in [4.69, 9.17) is 16.7 Å². The van der Waals surface area contributed by atoms with Crippen molar-refractivity contribution in [3.63, 3.8) is 0 Å². The highest BCUT2D eigenvalue weighted by Gasteiger charge is 2.34. The van der Waals surface area contributed by atoms with Crippen LogP contribution in [0.15, 0.2) is 48.9 Å². The third-order valence-corrected chi connectivity index (χ3v) is 5.80. The van der Waals surface area contributed by atoms with Gasteiger partial charge in [0, 0.05) is 30.7 Å². The molecule has 1 aliphatic rings. The molecule has 35 heavy (non-hydrogen) atoms. The maximum Gasteiger partial charge on any atom is 0.404 e. The van der Waals surface area contributed by atoms with Crippen LogP contribution in [0.1, 0.15) is 22.5 Å². The number of rotatable bonds is 6. The number of aromatic nitrogens is 3. The van der Waals surface area contributed by atoms with Gasteiger partial charge in [-0.15, -0.1) is 0 Å². The molecule has 1 saturated heterocycles. The van der Waals surface area contributed by atoms with Crippen LogP contribution < -0.4 is 15.5 Å². The van der Waals surface area contributed by atoms with Crippen molar-refractivity contribution in [1.29, 1.82) is 5.26 Å². The van der Waals surface area contributed by atoms with Crippen LogP contribution in [0.4, 0.5) is 16.2 Å². The van der Waals surface area contributed by atoms with Gasteiger partial charge >= 0.3 is 6.09 Å². The van der Waals surface area contributed by atoms with E-state index >= 15 is 0 Å². The minimum absolute atomic E-state index is 0.0598. The van der Waals surface area contributed by atoms with Gasteiger partial charge < -0.3 is 25.7 Å². The van der Waals surface area contributed by atoms with Gasteiger partial charge in [0.25, 0.3) is 5.91 Å². The molecule has 2 unspecified atom stereocenters. The van der Waals surface area contributed by atoms with E-state index in [9.17, 15) is 20.0 Å². The summed E-state index contributed by atoms with van der Waals surface area (Å²) < 4.78 is 0. The molecule has 0 aliphatic carbocycles. The number of aliphatic hydroxyl groups is 1. The first-order chi connectivity index (χ1) is 16.9. The molecule has 0 saturated carbocycles. The third-order valence-electron chi connectivity index (χ3n) is 5.62. The summed E-state index contributed by atoms with van der Waals surface area (Å²) in [6.45, 7) is 0.0363. The van der Waals surface area contributed by atoms with Gasteiger partial charge in [-0.25, -0.2) is 14.8 Å². The highest BCUT2D eigenvalue weighted by Crippen LogP contribution is 2.37. The predicted molar refractivity (Wildman–Crippen MR) is 127 cm³/mol. The van der Waals surface area contributed by atoms with Crippen molar-refractivity contribution in [2.75, 3.05) is 23.4 Å². The van der Waals surface area contributed by atoms with Gasteiger partial charge in [0.2, 0.25) is 5.28 Å². The van der Waals surface area contributed by atoms with Crippen molar-refractivity contribution in [2.24, 2.45) is 0 Å². The average molecular weight is 494 g/mol. The zero-order valence-electron chi connectivity index (χ0n) is 18.2. The number of anilines is 2. The topological polar surface area (TPSA) is 164 Å². The summed E-state index contributed by atoms with van der Waals surface area (Å²) in [6.07, 6.45) is 3.67. The fraction of sp³-hybridized carbons (Fsp3) is 0.217. The summed E-state index contributed by atoms with van der Waals surface area (Å²) in [5, 5.41) is 33.9. The lowest BCUT2D eigenvalue weighted by Gasteiger charge is -2.28. The number of aliphatic hydroxyl groups excluding tert-OH is 1. The highest BCUT2D eigenvalue weighted by molar-refractivity contribution is 6.28. The zero-order valence-corrected chi connectivity index (χ0v) is 19.0. The van der Waals surface area contributed by atoms with E-state index in [0.717, 1.165) is 0 Å². The molecule has 11 nitrogen and oxygen atoms in total. The number of nitriles is 1. The molecular formula is C23H20ClN7O4. The van der Waals surface area contributed by atoms with E-state index in [1.807, 2.05) is 4.90 Å². The van der Waals surface area contributed by atoms with Crippen LogP contribution in [0.25, 0.3) is 11.1 Å². The second kappa shape index (κ2) is 10.3. The Kier molecular flexibility index (Phi) is 7.05. The molecule has 1 aliphatic heterocycles. The van der Waals surface area contributed by atoms with Gasteiger partial charge in [0.05, 0.1) is 41.7 Å². The Hall–Kier alpha value is -4.27. The molecule has 0 spiro atoms. The lowest BCUT2D eigenvalue weighted by Crippen LogP contribution is -2.36. The molecule has 4 N–H and O–H groups in total. The number of amides is 2. The standard InChI is InChI=1S/C23H20ClN7O4/c24-22-27-6-4-19(30-22)21(33)29-18-2-1-13(17-10-26-5-3-14(17)9-25)7-20(18)31-11-15(28-23(34)35)8-16(31)12-32/h1-7,10,15-16,28,32H,8,11-12H2,(H,29,33)(H,34,35). The van der Waals surface area contributed by atoms with Crippen molar-refractivity contribution < 1.29 is 19.8 Å². The van der Waals surface area contributed by atoms with Crippen LogP contribution in [0.3, 0.4) is 0 Å². The van der Waals surface area contributed by atoms with Crippen LogP contribution in [-0.2, 0) is 0 Å². The first kappa shape index (κ1) is 23.9. The fourth-order valence-electron chi connectivity index (χ4n) is 4.08. The third kappa shape index (κ3) is 5.29. The van der Waals surface area contributed by atoms with E-state index in [-0.39, 0.29) is 24.1 Å². The molecule has 0 bridgehead atoms. The maximum atomic E-state index is 12.9. The number of carbonyl (C=O) groups is 2. The molecule has 1 fully saturated rings. The molecule has 3 heterocycles. The SMILES string of the molecule is N#Cc1ccncc1-c1ccc(NC(=O)c2ccnc(Cl)n2)c(N2CC(NC(=O)O)CC2CO)c1. The Labute approximate surface area is 205 Å². The van der Waals surface area contributed by atoms with E-state index < -0.39 is 24.1 Å². The number of nitrogens with zero attached hydrogens (tertiary/aromatic N) is 5. The predicted octanol–water partition coefficient (Wildman–Crippen LogP) is 2.52. The van der Waals surface area contributed by atoms with Crippen molar-refractivity contribution in [3.05, 3.63) is 65.5 Å². The molecular weight excluding hydrogens is 474 g/mol. The van der Waals surface area contributed by atoms with Gasteiger partial charge in [-0.2, -0.15) is 5.26 Å². The van der Waals surface area contributed by atoms with Gasteiger partial charge in [-0.1, -0.05) is 6.07 Å². The van der Waals surface area contributed by atoms with Crippen LogP contribution >= 0.6 is 11.6 Å². The molecule has 2 aromatic heterocycles. The molecule has 1 aromatic carbocycles. The lowest BCUT2D eigenvalue weighted by molar-refractivity contribution is 0.102. The fourth-order valence-corrected chi connectivity index (χ4v) is 4.22. The minimum Gasteiger partial charge on any atom is -0.465 e. The van der Waals surface area contributed by atoms with Crippen molar-refractivity contribution in [1.82, 2.24) is 20.3 Å². The average Bonchev–Trinajstić information content (AvgIpc) is 3.26. The van der Waals surface area contributed by atoms with Crippen molar-refractivity contribution >= 4 is 35.0 Å². The lowest BCUT2D eigenvalue weighted by atomic mass is 10.0. The molecule has 2 amide bonds. The largest absolute Gasteiger partial charge is 0.465 e. The Morgan fingerprint density at radius 2 is 2.09 bits per heavy atom. The van der Waals surface area contributed by atoms with Gasteiger partial charge in [0.15, 0.2) is 0 Å². The minimum atomic E-state index is -1.16. The first-order valence-corrected chi connectivity index (χ1v) is 10.9. The highest BCUT2D eigenvalue weighted by atomic mass is 35.5. The van der Waals surface area contributed by atoms with E-state index in [2.05, 4.69) is 31.7 Å². The first-order valence-electron chi connectivity index (χ1n) is 10.5. The van der Waals surface area contributed by atoms with Gasteiger partial charge in [0.1, 0.15) is 5.69 Å². The maximum absolute atomic E-state index is 12.9. The summed E-state index contributed by atoms with van der Waals surface area (Å²) in [5.74, 6) is -0.526. The van der Waals surface area contributed by atoms with Crippen molar-refractivity contribution in [2.45, 2.75) is 18.5 Å². The van der Waals surface area contributed by atoms with Crippen LogP contribution in [0.2, 0.25) is 5.28 Å². The Balaban J connectivity index is 1.76. The second-order valence-corrected chi connectivity index (χ2v) is 8.14. The Morgan fingerprint density at radius 3 is 2.80 bits per heavy atom. The molecule has 2 atom stereocenters. The summed E-state index contributed by atoms with van der Waals surface area (Å²) in [7, 11) is 0.